The summed E-state index contributed by atoms with van der Waals surface area (Å²) in [6.07, 6.45) is 0. The second kappa shape index (κ2) is 6.09. The van der Waals surface area contributed by atoms with E-state index in [0.717, 1.165) is 33.3 Å². The van der Waals surface area contributed by atoms with Crippen molar-refractivity contribution < 1.29 is 12.8 Å². The fourth-order valence-corrected chi connectivity index (χ4v) is 3.61. The lowest BCUT2D eigenvalue weighted by molar-refractivity contribution is 0.598. The monoisotopic (exact) mass is 366 g/mol. The third-order valence-corrected chi connectivity index (χ3v) is 5.22. The minimum Gasteiger partial charge on any atom is -0.354 e. The molecule has 0 fully saturated rings. The number of H-pyrrole nitrogens is 1. The van der Waals surface area contributed by atoms with Crippen LogP contribution in [0.3, 0.4) is 0 Å². The Morgan fingerprint density at radius 1 is 0.846 bits per heavy atom. The smallest absolute Gasteiger partial charge is 0.238 e. The van der Waals surface area contributed by atoms with Gasteiger partial charge >= 0.3 is 0 Å². The van der Waals surface area contributed by atoms with E-state index in [9.17, 15) is 12.8 Å². The first kappa shape index (κ1) is 16.5. The molecule has 6 heteroatoms. The first-order valence-corrected chi connectivity index (χ1v) is 9.48. The molecule has 3 N–H and O–H groups in total. The molecule has 0 amide bonds. The molecule has 0 atom stereocenters. The summed E-state index contributed by atoms with van der Waals surface area (Å²) in [7, 11) is -3.77. The average molecular weight is 366 g/mol. The van der Waals surface area contributed by atoms with Crippen molar-refractivity contribution in [2.24, 2.45) is 5.14 Å². The third kappa shape index (κ3) is 2.89. The van der Waals surface area contributed by atoms with Gasteiger partial charge in [-0.2, -0.15) is 0 Å². The highest BCUT2D eigenvalue weighted by Gasteiger charge is 2.16. The molecule has 26 heavy (non-hydrogen) atoms. The molecule has 0 aliphatic carbocycles. The minimum atomic E-state index is -3.77. The Balaban J connectivity index is 1.99. The largest absolute Gasteiger partial charge is 0.354 e. The number of aromatic nitrogens is 1. The van der Waals surface area contributed by atoms with Crippen LogP contribution in [0.25, 0.3) is 33.3 Å². The van der Waals surface area contributed by atoms with Gasteiger partial charge in [-0.05, 0) is 41.5 Å². The summed E-state index contributed by atoms with van der Waals surface area (Å²) in [6, 6.07) is 20.5. The van der Waals surface area contributed by atoms with Gasteiger partial charge in [0.15, 0.2) is 0 Å². The van der Waals surface area contributed by atoms with Crippen molar-refractivity contribution in [1.29, 1.82) is 0 Å². The number of fused-ring (bicyclic) bond motifs is 1. The number of nitrogens with two attached hydrogens (primary N) is 1. The highest BCUT2D eigenvalue weighted by molar-refractivity contribution is 7.89. The van der Waals surface area contributed by atoms with E-state index in [1.54, 1.807) is 18.2 Å². The number of benzene rings is 3. The van der Waals surface area contributed by atoms with Gasteiger partial charge in [0.1, 0.15) is 5.82 Å². The first-order valence-electron chi connectivity index (χ1n) is 7.93. The van der Waals surface area contributed by atoms with Crippen LogP contribution in [0.5, 0.6) is 0 Å². The Kier molecular flexibility index (Phi) is 3.86. The van der Waals surface area contributed by atoms with Crippen LogP contribution in [-0.2, 0) is 10.0 Å². The van der Waals surface area contributed by atoms with Crippen LogP contribution in [0, 0.1) is 5.82 Å². The summed E-state index contributed by atoms with van der Waals surface area (Å²) in [6.45, 7) is 0. The van der Waals surface area contributed by atoms with Crippen molar-refractivity contribution in [3.63, 3.8) is 0 Å². The molecule has 4 rings (SSSR count). The number of sulfonamides is 1. The van der Waals surface area contributed by atoms with Gasteiger partial charge in [0.05, 0.1) is 10.6 Å². The van der Waals surface area contributed by atoms with Crippen LogP contribution >= 0.6 is 0 Å². The molecule has 1 aromatic heterocycles. The molecule has 0 spiro atoms. The fraction of sp³-hybridized carbons (Fsp3) is 0. The van der Waals surface area contributed by atoms with Gasteiger partial charge in [-0.3, -0.25) is 0 Å². The summed E-state index contributed by atoms with van der Waals surface area (Å²) in [4.78, 5) is 3.38. The molecule has 0 saturated carbocycles. The minimum absolute atomic E-state index is 0.0357. The normalized spacial score (nSPS) is 11.8. The zero-order valence-corrected chi connectivity index (χ0v) is 14.4. The van der Waals surface area contributed by atoms with Gasteiger partial charge in [0.25, 0.3) is 0 Å². The Labute approximate surface area is 150 Å². The van der Waals surface area contributed by atoms with E-state index in [-0.39, 0.29) is 10.7 Å². The molecule has 0 aliphatic heterocycles. The summed E-state index contributed by atoms with van der Waals surface area (Å²) >= 11 is 0. The Morgan fingerprint density at radius 2 is 1.54 bits per heavy atom. The maximum absolute atomic E-state index is 13.9. The average Bonchev–Trinajstić information content (AvgIpc) is 3.00. The molecule has 4 aromatic rings. The van der Waals surface area contributed by atoms with Gasteiger partial charge in [-0.25, -0.2) is 17.9 Å². The number of aromatic amines is 1. The number of nitrogens with one attached hydrogen (secondary N) is 1. The van der Waals surface area contributed by atoms with Crippen LogP contribution in [0.4, 0.5) is 4.39 Å². The molecule has 1 heterocycles. The van der Waals surface area contributed by atoms with Gasteiger partial charge in [-0.15, -0.1) is 0 Å². The second-order valence-corrected chi connectivity index (χ2v) is 7.56. The quantitative estimate of drug-likeness (QED) is 0.567. The highest BCUT2D eigenvalue weighted by atomic mass is 32.2. The molecule has 0 unspecified atom stereocenters. The van der Waals surface area contributed by atoms with Crippen LogP contribution in [0.2, 0.25) is 0 Å². The van der Waals surface area contributed by atoms with E-state index in [1.165, 1.54) is 24.3 Å². The van der Waals surface area contributed by atoms with Gasteiger partial charge in [-0.1, -0.05) is 42.5 Å². The predicted octanol–water partition coefficient (Wildman–Crippen LogP) is 4.29. The summed E-state index contributed by atoms with van der Waals surface area (Å²) in [5.74, 6) is -0.335. The molecule has 3 aromatic carbocycles. The van der Waals surface area contributed by atoms with Crippen LogP contribution in [-0.4, -0.2) is 13.4 Å². The first-order chi connectivity index (χ1) is 12.4. The van der Waals surface area contributed by atoms with E-state index >= 15 is 0 Å². The lowest BCUT2D eigenvalue weighted by atomic mass is 9.98. The van der Waals surface area contributed by atoms with Gasteiger partial charge in [0, 0.05) is 16.5 Å². The topological polar surface area (TPSA) is 76.0 Å². The van der Waals surface area contributed by atoms with Crippen LogP contribution < -0.4 is 5.14 Å². The van der Waals surface area contributed by atoms with Crippen molar-refractivity contribution in [2.45, 2.75) is 4.90 Å². The number of hydrogen-bond acceptors (Lipinski definition) is 2. The van der Waals surface area contributed by atoms with Crippen molar-refractivity contribution in [3.05, 3.63) is 78.6 Å². The Morgan fingerprint density at radius 3 is 2.19 bits per heavy atom. The second-order valence-electron chi connectivity index (χ2n) is 6.00. The summed E-state index contributed by atoms with van der Waals surface area (Å²) in [5, 5.41) is 5.90. The fourth-order valence-electron chi connectivity index (χ4n) is 3.10. The number of hydrogen-bond donors (Lipinski definition) is 2. The SMILES string of the molecule is NS(=O)(=O)c1ccc(-c2c(-c3ccccc3)[nH]c3ccc(F)cc23)cc1. The molecule has 4 nitrogen and oxygen atoms in total. The Bertz CT molecular complexity index is 1200. The van der Waals surface area contributed by atoms with Gasteiger partial charge < -0.3 is 4.98 Å². The number of primary sulfonamides is 1. The molecular formula is C20H15FN2O2S. The standard InChI is InChI=1S/C20H15FN2O2S/c21-15-8-11-18-17(12-15)19(20(23-18)14-4-2-1-3-5-14)13-6-9-16(10-7-13)26(22,24)25/h1-12,23H,(H2,22,24,25). The van der Waals surface area contributed by atoms with Crippen molar-refractivity contribution in [1.82, 2.24) is 4.98 Å². The Hall–Kier alpha value is -2.96. The summed E-state index contributed by atoms with van der Waals surface area (Å²) in [5.41, 5.74) is 4.18. The molecule has 130 valence electrons. The van der Waals surface area contributed by atoms with Gasteiger partial charge in [0.2, 0.25) is 10.0 Å². The van der Waals surface area contributed by atoms with E-state index in [1.807, 2.05) is 30.3 Å². The van der Waals surface area contributed by atoms with Crippen molar-refractivity contribution >= 4 is 20.9 Å². The molecule has 0 saturated heterocycles. The maximum Gasteiger partial charge on any atom is 0.238 e. The molecule has 0 aliphatic rings. The summed E-state index contributed by atoms with van der Waals surface area (Å²) < 4.78 is 36.9. The lowest BCUT2D eigenvalue weighted by Crippen LogP contribution is -2.11. The van der Waals surface area contributed by atoms with Crippen LogP contribution in [0.1, 0.15) is 0 Å². The maximum atomic E-state index is 13.9. The van der Waals surface area contributed by atoms with E-state index in [2.05, 4.69) is 4.98 Å². The van der Waals surface area contributed by atoms with E-state index < -0.39 is 10.0 Å². The van der Waals surface area contributed by atoms with Crippen molar-refractivity contribution in [3.8, 4) is 22.4 Å². The van der Waals surface area contributed by atoms with E-state index in [4.69, 9.17) is 5.14 Å². The molecule has 0 radical (unpaired) electrons. The zero-order chi connectivity index (χ0) is 18.3. The number of rotatable bonds is 3. The molecule has 0 bridgehead atoms. The highest BCUT2D eigenvalue weighted by Crippen LogP contribution is 2.38. The third-order valence-electron chi connectivity index (χ3n) is 4.29. The van der Waals surface area contributed by atoms with Crippen LogP contribution in [0.15, 0.2) is 77.7 Å². The van der Waals surface area contributed by atoms with Crippen molar-refractivity contribution in [2.75, 3.05) is 0 Å². The van der Waals surface area contributed by atoms with E-state index in [0.29, 0.717) is 0 Å². The molecular weight excluding hydrogens is 351 g/mol. The zero-order valence-electron chi connectivity index (χ0n) is 13.6. The number of halogens is 1. The lowest BCUT2D eigenvalue weighted by Gasteiger charge is -2.07. The predicted molar refractivity (Wildman–Crippen MR) is 101 cm³/mol.